The van der Waals surface area contributed by atoms with Gasteiger partial charge in [0.2, 0.25) is 0 Å². The summed E-state index contributed by atoms with van der Waals surface area (Å²) in [5.74, 6) is 0.291. The zero-order valence-electron chi connectivity index (χ0n) is 10.2. The molecule has 1 heterocycles. The minimum atomic E-state index is -0.545. The zero-order chi connectivity index (χ0) is 13.4. The molecule has 2 rings (SSSR count). The molecule has 2 aromatic rings. The molecule has 18 heavy (non-hydrogen) atoms. The molecule has 6 heteroatoms. The second-order valence-corrected chi connectivity index (χ2v) is 4.03. The SMILES string of the molecule is COc1cc([N+](=O)[O-])cc2c(=O)c(C)c(C)[nH]c12. The van der Waals surface area contributed by atoms with Gasteiger partial charge in [0.25, 0.3) is 5.69 Å². The van der Waals surface area contributed by atoms with E-state index < -0.39 is 4.92 Å². The summed E-state index contributed by atoms with van der Waals surface area (Å²) in [7, 11) is 1.41. The Morgan fingerprint density at radius 2 is 2.00 bits per heavy atom. The van der Waals surface area contributed by atoms with Crippen LogP contribution in [0.3, 0.4) is 0 Å². The van der Waals surface area contributed by atoms with Crippen molar-refractivity contribution in [1.29, 1.82) is 0 Å². The van der Waals surface area contributed by atoms with Gasteiger partial charge in [-0.3, -0.25) is 14.9 Å². The Bertz CT molecular complexity index is 703. The largest absolute Gasteiger partial charge is 0.494 e. The van der Waals surface area contributed by atoms with Crippen LogP contribution in [-0.4, -0.2) is 17.0 Å². The lowest BCUT2D eigenvalue weighted by molar-refractivity contribution is -0.384. The lowest BCUT2D eigenvalue weighted by atomic mass is 10.1. The number of non-ortho nitro benzene ring substituents is 1. The summed E-state index contributed by atoms with van der Waals surface area (Å²) in [6, 6.07) is 2.57. The van der Waals surface area contributed by atoms with Gasteiger partial charge < -0.3 is 9.72 Å². The molecule has 0 spiro atoms. The normalized spacial score (nSPS) is 10.6. The van der Waals surface area contributed by atoms with Crippen LogP contribution < -0.4 is 10.2 Å². The van der Waals surface area contributed by atoms with E-state index in [4.69, 9.17) is 4.74 Å². The Labute approximate surface area is 102 Å². The van der Waals surface area contributed by atoms with Crippen LogP contribution in [0.5, 0.6) is 5.75 Å². The van der Waals surface area contributed by atoms with Gasteiger partial charge in [-0.05, 0) is 13.8 Å². The first kappa shape index (κ1) is 12.1. The Kier molecular flexibility index (Phi) is 2.78. The monoisotopic (exact) mass is 248 g/mol. The number of nitrogens with one attached hydrogen (secondary N) is 1. The predicted octanol–water partition coefficient (Wildman–Crippen LogP) is 2.06. The fourth-order valence-corrected chi connectivity index (χ4v) is 1.83. The number of pyridine rings is 1. The highest BCUT2D eigenvalue weighted by atomic mass is 16.6. The third kappa shape index (κ3) is 1.71. The van der Waals surface area contributed by atoms with E-state index >= 15 is 0 Å². The van der Waals surface area contributed by atoms with Crippen molar-refractivity contribution in [2.75, 3.05) is 7.11 Å². The van der Waals surface area contributed by atoms with Gasteiger partial charge in [0.15, 0.2) is 5.43 Å². The van der Waals surface area contributed by atoms with Gasteiger partial charge in [-0.2, -0.15) is 0 Å². The number of nitrogens with zero attached hydrogens (tertiary/aromatic N) is 1. The van der Waals surface area contributed by atoms with E-state index in [2.05, 4.69) is 4.98 Å². The van der Waals surface area contributed by atoms with Crippen molar-refractivity contribution < 1.29 is 9.66 Å². The van der Waals surface area contributed by atoms with Crippen molar-refractivity contribution in [3.05, 3.63) is 43.7 Å². The number of methoxy groups -OCH3 is 1. The number of aryl methyl sites for hydroxylation is 1. The number of fused-ring (bicyclic) bond motifs is 1. The van der Waals surface area contributed by atoms with Crippen LogP contribution in [0, 0.1) is 24.0 Å². The van der Waals surface area contributed by atoms with E-state index in [-0.39, 0.29) is 16.5 Å². The molecule has 0 aliphatic heterocycles. The number of benzene rings is 1. The van der Waals surface area contributed by atoms with Crippen molar-refractivity contribution in [2.45, 2.75) is 13.8 Å². The van der Waals surface area contributed by atoms with Gasteiger partial charge in [0.05, 0.1) is 29.0 Å². The first-order valence-corrected chi connectivity index (χ1v) is 5.31. The maximum absolute atomic E-state index is 12.1. The molecule has 0 amide bonds. The summed E-state index contributed by atoms with van der Waals surface area (Å²) in [6.07, 6.45) is 0. The molecule has 94 valence electrons. The lowest BCUT2D eigenvalue weighted by Gasteiger charge is -2.08. The maximum Gasteiger partial charge on any atom is 0.274 e. The van der Waals surface area contributed by atoms with Crippen molar-refractivity contribution in [3.63, 3.8) is 0 Å². The lowest BCUT2D eigenvalue weighted by Crippen LogP contribution is -2.10. The summed E-state index contributed by atoms with van der Waals surface area (Å²) in [6.45, 7) is 3.45. The minimum absolute atomic E-state index is 0.159. The highest BCUT2D eigenvalue weighted by molar-refractivity contribution is 5.87. The Hall–Kier alpha value is -2.37. The smallest absolute Gasteiger partial charge is 0.274 e. The summed E-state index contributed by atoms with van der Waals surface area (Å²) >= 11 is 0. The molecule has 1 aromatic carbocycles. The van der Waals surface area contributed by atoms with Gasteiger partial charge in [-0.15, -0.1) is 0 Å². The second-order valence-electron chi connectivity index (χ2n) is 4.03. The van der Waals surface area contributed by atoms with Gasteiger partial charge in [0.1, 0.15) is 5.75 Å². The van der Waals surface area contributed by atoms with E-state index in [0.717, 1.165) is 5.69 Å². The fraction of sp³-hybridized carbons (Fsp3) is 0.250. The van der Waals surface area contributed by atoms with Crippen molar-refractivity contribution in [3.8, 4) is 5.75 Å². The quantitative estimate of drug-likeness (QED) is 0.651. The minimum Gasteiger partial charge on any atom is -0.494 e. The van der Waals surface area contributed by atoms with Gasteiger partial charge in [-0.1, -0.05) is 0 Å². The summed E-state index contributed by atoms with van der Waals surface area (Å²) in [4.78, 5) is 25.4. The number of hydrogen-bond donors (Lipinski definition) is 1. The third-order valence-corrected chi connectivity index (χ3v) is 2.98. The highest BCUT2D eigenvalue weighted by Crippen LogP contribution is 2.28. The standard InChI is InChI=1S/C12H12N2O4/c1-6-7(2)13-11-9(12(6)15)4-8(14(16)17)5-10(11)18-3/h4-5H,1-3H3,(H,13,15). The number of aromatic amines is 1. The number of rotatable bonds is 2. The number of nitro benzene ring substituents is 1. The van der Waals surface area contributed by atoms with Crippen molar-refractivity contribution >= 4 is 16.6 Å². The van der Waals surface area contributed by atoms with Crippen LogP contribution in [0.4, 0.5) is 5.69 Å². The molecular weight excluding hydrogens is 236 g/mol. The predicted molar refractivity (Wildman–Crippen MR) is 67.2 cm³/mol. The molecule has 0 aliphatic carbocycles. The van der Waals surface area contributed by atoms with Crippen molar-refractivity contribution in [1.82, 2.24) is 4.98 Å². The Balaban J connectivity index is 2.97. The third-order valence-electron chi connectivity index (χ3n) is 2.98. The van der Waals surface area contributed by atoms with Gasteiger partial charge in [0, 0.05) is 17.3 Å². The number of ether oxygens (including phenoxy) is 1. The Morgan fingerprint density at radius 3 is 2.56 bits per heavy atom. The first-order valence-electron chi connectivity index (χ1n) is 5.31. The number of nitro groups is 1. The number of H-pyrrole nitrogens is 1. The zero-order valence-corrected chi connectivity index (χ0v) is 10.2. The molecule has 0 saturated carbocycles. The topological polar surface area (TPSA) is 85.2 Å². The molecule has 0 bridgehead atoms. The molecular formula is C12H12N2O4. The molecule has 0 atom stereocenters. The molecule has 0 radical (unpaired) electrons. The maximum atomic E-state index is 12.1. The molecule has 0 saturated heterocycles. The van der Waals surface area contributed by atoms with E-state index in [0.29, 0.717) is 16.8 Å². The summed E-state index contributed by atoms with van der Waals surface area (Å²) in [5, 5.41) is 11.1. The van der Waals surface area contributed by atoms with E-state index in [1.165, 1.54) is 19.2 Å². The van der Waals surface area contributed by atoms with Crippen molar-refractivity contribution in [2.24, 2.45) is 0 Å². The average Bonchev–Trinajstić information content (AvgIpc) is 2.35. The van der Waals surface area contributed by atoms with Crippen LogP contribution in [0.15, 0.2) is 16.9 Å². The molecule has 0 fully saturated rings. The van der Waals surface area contributed by atoms with E-state index in [1.54, 1.807) is 13.8 Å². The second kappa shape index (κ2) is 4.14. The molecule has 1 aromatic heterocycles. The number of hydrogen-bond acceptors (Lipinski definition) is 4. The van der Waals surface area contributed by atoms with Crippen LogP contribution in [0.2, 0.25) is 0 Å². The van der Waals surface area contributed by atoms with Gasteiger partial charge in [-0.25, -0.2) is 0 Å². The van der Waals surface area contributed by atoms with E-state index in [9.17, 15) is 14.9 Å². The van der Waals surface area contributed by atoms with Gasteiger partial charge >= 0.3 is 0 Å². The molecule has 6 nitrogen and oxygen atoms in total. The number of aromatic nitrogens is 1. The molecule has 1 N–H and O–H groups in total. The van der Waals surface area contributed by atoms with Crippen LogP contribution in [-0.2, 0) is 0 Å². The molecule has 0 unspecified atom stereocenters. The van der Waals surface area contributed by atoms with Crippen LogP contribution in [0.25, 0.3) is 10.9 Å². The fourth-order valence-electron chi connectivity index (χ4n) is 1.83. The Morgan fingerprint density at radius 1 is 1.33 bits per heavy atom. The molecule has 0 aliphatic rings. The van der Waals surface area contributed by atoms with Crippen LogP contribution in [0.1, 0.15) is 11.3 Å². The first-order chi connectivity index (χ1) is 8.45. The van der Waals surface area contributed by atoms with E-state index in [1.807, 2.05) is 0 Å². The summed E-state index contributed by atoms with van der Waals surface area (Å²) < 4.78 is 5.09. The summed E-state index contributed by atoms with van der Waals surface area (Å²) in [5.41, 5.74) is 1.37. The van der Waals surface area contributed by atoms with Crippen LogP contribution >= 0.6 is 0 Å². The average molecular weight is 248 g/mol. The highest BCUT2D eigenvalue weighted by Gasteiger charge is 2.16.